The predicted molar refractivity (Wildman–Crippen MR) is 108 cm³/mol. The summed E-state index contributed by atoms with van der Waals surface area (Å²) in [7, 11) is 0. The molecule has 1 unspecified atom stereocenters. The molecule has 148 valence electrons. The topological polar surface area (TPSA) is 70.0 Å². The highest BCUT2D eigenvalue weighted by Gasteiger charge is 2.34. The average Bonchev–Trinajstić information content (AvgIpc) is 2.65. The van der Waals surface area contributed by atoms with Crippen LogP contribution in [-0.2, 0) is 9.59 Å². The molecule has 0 radical (unpaired) electrons. The van der Waals surface area contributed by atoms with Crippen LogP contribution in [0.15, 0.2) is 35.3 Å². The molecule has 1 aromatic carbocycles. The normalized spacial score (nSPS) is 15.7. The minimum atomic E-state index is -0.580. The minimum absolute atomic E-state index is 0.273. The Morgan fingerprint density at radius 2 is 1.56 bits per heavy atom. The van der Waals surface area contributed by atoms with Crippen LogP contribution in [0.2, 0.25) is 0 Å². The first-order valence-corrected chi connectivity index (χ1v) is 10.3. The van der Waals surface area contributed by atoms with Crippen LogP contribution in [0.3, 0.4) is 0 Å². The van der Waals surface area contributed by atoms with E-state index in [2.05, 4.69) is 11.9 Å². The van der Waals surface area contributed by atoms with Crippen molar-refractivity contribution in [2.45, 2.75) is 83.6 Å². The molecule has 0 saturated heterocycles. The highest BCUT2D eigenvalue weighted by atomic mass is 16.3. The molecule has 0 saturated carbocycles. The molecule has 2 amide bonds. The quantitative estimate of drug-likeness (QED) is 0.399. The number of nitrogens with zero attached hydrogens (tertiary/aromatic N) is 2. The number of aliphatic hydroxyl groups excluding tert-OH is 1. The summed E-state index contributed by atoms with van der Waals surface area (Å²) < 4.78 is 0. The second-order valence-electron chi connectivity index (χ2n) is 7.29. The number of aliphatic hydroxyl groups is 1. The van der Waals surface area contributed by atoms with Crippen LogP contribution in [0.1, 0.15) is 89.2 Å². The number of carbonyl (C=O) groups is 2. The number of carbonyl (C=O) groups excluding carboxylic acids is 2. The van der Waals surface area contributed by atoms with Gasteiger partial charge in [0.2, 0.25) is 5.91 Å². The van der Waals surface area contributed by atoms with E-state index in [1.807, 2.05) is 30.3 Å². The largest absolute Gasteiger partial charge is 0.480 e. The van der Waals surface area contributed by atoms with Gasteiger partial charge in [0, 0.05) is 0 Å². The maximum absolute atomic E-state index is 12.4. The number of hydrogen-bond donors (Lipinski definition) is 1. The van der Waals surface area contributed by atoms with E-state index >= 15 is 0 Å². The van der Waals surface area contributed by atoms with Gasteiger partial charge >= 0.3 is 0 Å². The summed E-state index contributed by atoms with van der Waals surface area (Å²) in [5.74, 6) is -0.957. The van der Waals surface area contributed by atoms with Crippen molar-refractivity contribution >= 4 is 17.8 Å². The van der Waals surface area contributed by atoms with E-state index in [0.717, 1.165) is 24.8 Å². The molecule has 5 nitrogen and oxygen atoms in total. The fraction of sp³-hybridized carbons (Fsp3) is 0.591. The molecule has 1 aromatic rings. The van der Waals surface area contributed by atoms with Crippen LogP contribution >= 0.6 is 0 Å². The van der Waals surface area contributed by atoms with Gasteiger partial charge in [0.05, 0.1) is 6.04 Å². The molecular formula is C22H32N2O3. The van der Waals surface area contributed by atoms with Gasteiger partial charge in [-0.1, -0.05) is 95.0 Å². The van der Waals surface area contributed by atoms with Gasteiger partial charge in [-0.2, -0.15) is 4.99 Å². The van der Waals surface area contributed by atoms with Crippen molar-refractivity contribution in [1.82, 2.24) is 4.90 Å². The lowest BCUT2D eigenvalue weighted by Crippen LogP contribution is -2.44. The van der Waals surface area contributed by atoms with Gasteiger partial charge < -0.3 is 5.11 Å². The molecule has 5 heteroatoms. The lowest BCUT2D eigenvalue weighted by molar-refractivity contribution is -0.135. The van der Waals surface area contributed by atoms with Crippen molar-refractivity contribution in [1.29, 1.82) is 0 Å². The van der Waals surface area contributed by atoms with Crippen LogP contribution in [-0.4, -0.2) is 27.8 Å². The van der Waals surface area contributed by atoms with Gasteiger partial charge in [0.1, 0.15) is 6.42 Å². The van der Waals surface area contributed by atoms with Crippen LogP contribution in [0.5, 0.6) is 0 Å². The van der Waals surface area contributed by atoms with Crippen molar-refractivity contribution < 1.29 is 14.7 Å². The van der Waals surface area contributed by atoms with E-state index < -0.39 is 11.9 Å². The molecule has 0 aliphatic carbocycles. The van der Waals surface area contributed by atoms with Crippen molar-refractivity contribution in [2.24, 2.45) is 4.99 Å². The van der Waals surface area contributed by atoms with Gasteiger partial charge in [0.25, 0.3) is 11.9 Å². The van der Waals surface area contributed by atoms with E-state index in [9.17, 15) is 14.7 Å². The molecule has 1 heterocycles. The lowest BCUT2D eigenvalue weighted by Gasteiger charge is -2.31. The van der Waals surface area contributed by atoms with Crippen LogP contribution in [0, 0.1) is 0 Å². The van der Waals surface area contributed by atoms with Crippen molar-refractivity contribution in [3.05, 3.63) is 35.9 Å². The van der Waals surface area contributed by atoms with E-state index in [0.29, 0.717) is 0 Å². The number of aliphatic imine (C=N–C) groups is 1. The fourth-order valence-electron chi connectivity index (χ4n) is 3.61. The molecular weight excluding hydrogens is 340 g/mol. The second-order valence-corrected chi connectivity index (χ2v) is 7.29. The van der Waals surface area contributed by atoms with E-state index in [1.54, 1.807) is 0 Å². The predicted octanol–water partition coefficient (Wildman–Crippen LogP) is 5.32. The molecule has 2 rings (SSSR count). The van der Waals surface area contributed by atoms with Gasteiger partial charge in [-0.15, -0.1) is 0 Å². The standard InChI is InChI=1S/C22H32N2O3/c1-2-3-4-5-6-7-8-9-13-16-19(18-14-11-10-12-15-18)24-21(26)17-20(25)23-22(24)27/h10-12,14-15,19H,2-9,13,16-17H2,1H3,(H,23,25,27). The zero-order valence-electron chi connectivity index (χ0n) is 16.4. The van der Waals surface area contributed by atoms with Gasteiger partial charge in [0.15, 0.2) is 0 Å². The number of unbranched alkanes of at least 4 members (excludes halogenated alkanes) is 8. The molecule has 0 bridgehead atoms. The first-order valence-electron chi connectivity index (χ1n) is 10.3. The molecule has 1 N–H and O–H groups in total. The van der Waals surface area contributed by atoms with Crippen molar-refractivity contribution in [3.8, 4) is 0 Å². The Labute approximate surface area is 162 Å². The third-order valence-corrected chi connectivity index (χ3v) is 5.09. The van der Waals surface area contributed by atoms with Crippen LogP contribution < -0.4 is 0 Å². The summed E-state index contributed by atoms with van der Waals surface area (Å²) in [5.41, 5.74) is 0.960. The Morgan fingerprint density at radius 1 is 0.963 bits per heavy atom. The summed E-state index contributed by atoms with van der Waals surface area (Å²) in [6.45, 7) is 2.23. The first-order chi connectivity index (χ1) is 13.1. The van der Waals surface area contributed by atoms with Crippen LogP contribution in [0.25, 0.3) is 0 Å². The zero-order chi connectivity index (χ0) is 19.5. The summed E-state index contributed by atoms with van der Waals surface area (Å²) >= 11 is 0. The Morgan fingerprint density at radius 3 is 2.15 bits per heavy atom. The monoisotopic (exact) mass is 372 g/mol. The molecule has 27 heavy (non-hydrogen) atoms. The summed E-state index contributed by atoms with van der Waals surface area (Å²) in [4.78, 5) is 28.7. The summed E-state index contributed by atoms with van der Waals surface area (Å²) in [5, 5.41) is 10.1. The number of hydrogen-bond acceptors (Lipinski definition) is 2. The van der Waals surface area contributed by atoms with E-state index in [-0.39, 0.29) is 18.4 Å². The van der Waals surface area contributed by atoms with Crippen molar-refractivity contribution in [3.63, 3.8) is 0 Å². The molecule has 1 aliphatic heterocycles. The number of rotatable bonds is 12. The van der Waals surface area contributed by atoms with E-state index in [1.165, 1.54) is 49.8 Å². The smallest absolute Gasteiger partial charge is 0.300 e. The SMILES string of the molecule is CCCCCCCCCCCC(c1ccccc1)N1C(=O)CC(=O)N=C1O. The first kappa shape index (κ1) is 21.1. The highest BCUT2D eigenvalue weighted by Crippen LogP contribution is 2.29. The zero-order valence-corrected chi connectivity index (χ0v) is 16.4. The highest BCUT2D eigenvalue weighted by molar-refractivity contribution is 6.11. The number of benzene rings is 1. The number of amides is 2. The molecule has 1 aliphatic rings. The summed E-state index contributed by atoms with van der Waals surface area (Å²) in [6, 6.07) is 8.93. The average molecular weight is 373 g/mol. The molecule has 0 fully saturated rings. The lowest BCUT2D eigenvalue weighted by atomic mass is 9.97. The molecule has 0 aromatic heterocycles. The molecule has 1 atom stereocenters. The van der Waals surface area contributed by atoms with Crippen LogP contribution in [0.4, 0.5) is 0 Å². The Balaban J connectivity index is 1.88. The van der Waals surface area contributed by atoms with Crippen molar-refractivity contribution in [2.75, 3.05) is 0 Å². The fourth-order valence-corrected chi connectivity index (χ4v) is 3.61. The minimum Gasteiger partial charge on any atom is -0.480 e. The maximum Gasteiger partial charge on any atom is 0.300 e. The Hall–Kier alpha value is -2.17. The number of amidine groups is 1. The van der Waals surface area contributed by atoms with Gasteiger partial charge in [-0.3, -0.25) is 14.5 Å². The Bertz CT molecular complexity index is 628. The van der Waals surface area contributed by atoms with Gasteiger partial charge in [-0.25, -0.2) is 0 Å². The summed E-state index contributed by atoms with van der Waals surface area (Å²) in [6.07, 6.45) is 11.6. The third kappa shape index (κ3) is 6.81. The molecule has 0 spiro atoms. The van der Waals surface area contributed by atoms with Gasteiger partial charge in [-0.05, 0) is 12.0 Å². The third-order valence-electron chi connectivity index (χ3n) is 5.09. The maximum atomic E-state index is 12.4. The second kappa shape index (κ2) is 11.5. The van der Waals surface area contributed by atoms with E-state index in [4.69, 9.17) is 0 Å². The Kier molecular flexibility index (Phi) is 9.02.